The third kappa shape index (κ3) is 3.58. The van der Waals surface area contributed by atoms with Gasteiger partial charge in [-0.25, -0.2) is 0 Å². The van der Waals surface area contributed by atoms with Gasteiger partial charge in [0, 0.05) is 12.5 Å². The van der Waals surface area contributed by atoms with Gasteiger partial charge in [-0.2, -0.15) is 0 Å². The highest BCUT2D eigenvalue weighted by Crippen LogP contribution is 2.17. The molecule has 1 rings (SSSR count). The average molecular weight is 250 g/mol. The lowest BCUT2D eigenvalue weighted by atomic mass is 10.2. The van der Waals surface area contributed by atoms with Gasteiger partial charge < -0.3 is 5.32 Å². The van der Waals surface area contributed by atoms with Crippen LogP contribution in [0.4, 0.5) is 0 Å². The van der Waals surface area contributed by atoms with Crippen LogP contribution in [0.2, 0.25) is 0 Å². The molecule has 2 unspecified atom stereocenters. The summed E-state index contributed by atoms with van der Waals surface area (Å²) >= 11 is 0. The maximum atomic E-state index is 12.0. The fourth-order valence-electron chi connectivity index (χ4n) is 2.08. The summed E-state index contributed by atoms with van der Waals surface area (Å²) in [4.78, 5) is 25.2. The second-order valence-corrected chi connectivity index (χ2v) is 4.73. The summed E-state index contributed by atoms with van der Waals surface area (Å²) in [6.07, 6.45) is 8.90. The van der Waals surface area contributed by atoms with Crippen molar-refractivity contribution in [1.29, 1.82) is 0 Å². The highest BCUT2D eigenvalue weighted by atomic mass is 16.2. The number of hydrogen-bond acceptors (Lipinski definition) is 3. The van der Waals surface area contributed by atoms with Crippen molar-refractivity contribution in [2.45, 2.75) is 58.0 Å². The van der Waals surface area contributed by atoms with E-state index in [4.69, 9.17) is 6.42 Å². The molecule has 0 bridgehead atoms. The van der Waals surface area contributed by atoms with Crippen LogP contribution in [-0.2, 0) is 9.59 Å². The van der Waals surface area contributed by atoms with Gasteiger partial charge in [0.15, 0.2) is 0 Å². The van der Waals surface area contributed by atoms with E-state index in [0.29, 0.717) is 0 Å². The van der Waals surface area contributed by atoms with Gasteiger partial charge in [0.2, 0.25) is 11.8 Å². The molecule has 2 atom stereocenters. The van der Waals surface area contributed by atoms with Crippen molar-refractivity contribution in [3.63, 3.8) is 0 Å². The van der Waals surface area contributed by atoms with Gasteiger partial charge >= 0.3 is 0 Å². The SMILES string of the molecule is C#CCCCCNC1CC(=O)N(C(C)CC)C1=O. The molecule has 4 heteroatoms. The van der Waals surface area contributed by atoms with Gasteiger partial charge in [-0.15, -0.1) is 12.3 Å². The number of imide groups is 1. The van der Waals surface area contributed by atoms with E-state index >= 15 is 0 Å². The summed E-state index contributed by atoms with van der Waals surface area (Å²) in [6, 6.07) is -0.337. The van der Waals surface area contributed by atoms with Crippen LogP contribution < -0.4 is 5.32 Å². The van der Waals surface area contributed by atoms with Crippen LogP contribution in [0.25, 0.3) is 0 Å². The van der Waals surface area contributed by atoms with E-state index in [2.05, 4.69) is 11.2 Å². The molecule has 0 radical (unpaired) electrons. The van der Waals surface area contributed by atoms with Crippen molar-refractivity contribution >= 4 is 11.8 Å². The molecular weight excluding hydrogens is 228 g/mol. The summed E-state index contributed by atoms with van der Waals surface area (Å²) in [5.74, 6) is 2.45. The number of terminal acetylenes is 1. The first-order valence-corrected chi connectivity index (χ1v) is 6.64. The van der Waals surface area contributed by atoms with Crippen LogP contribution in [0.3, 0.4) is 0 Å². The molecule has 2 amide bonds. The highest BCUT2D eigenvalue weighted by molar-refractivity contribution is 6.05. The second-order valence-electron chi connectivity index (χ2n) is 4.73. The number of likely N-dealkylation sites (tertiary alicyclic amines) is 1. The number of unbranched alkanes of at least 4 members (excludes halogenated alkanes) is 2. The van der Waals surface area contributed by atoms with Crippen LogP contribution in [0.15, 0.2) is 0 Å². The molecule has 1 heterocycles. The Kier molecular flexibility index (Phi) is 5.87. The van der Waals surface area contributed by atoms with Crippen LogP contribution >= 0.6 is 0 Å². The number of hydrogen-bond donors (Lipinski definition) is 1. The maximum Gasteiger partial charge on any atom is 0.247 e. The predicted molar refractivity (Wildman–Crippen MR) is 70.7 cm³/mol. The lowest BCUT2D eigenvalue weighted by Crippen LogP contribution is -2.42. The zero-order valence-corrected chi connectivity index (χ0v) is 11.2. The molecule has 0 aromatic carbocycles. The molecule has 4 nitrogen and oxygen atoms in total. The van der Waals surface area contributed by atoms with Gasteiger partial charge in [0.05, 0.1) is 12.5 Å². The zero-order chi connectivity index (χ0) is 13.5. The molecule has 100 valence electrons. The summed E-state index contributed by atoms with van der Waals surface area (Å²) < 4.78 is 0. The van der Waals surface area contributed by atoms with Crippen molar-refractivity contribution in [1.82, 2.24) is 10.2 Å². The Balaban J connectivity index is 2.39. The molecular formula is C14H22N2O2. The van der Waals surface area contributed by atoms with E-state index in [1.165, 1.54) is 4.90 Å². The number of carbonyl (C=O) groups excluding carboxylic acids is 2. The van der Waals surface area contributed by atoms with Crippen LogP contribution in [-0.4, -0.2) is 35.3 Å². The van der Waals surface area contributed by atoms with Gasteiger partial charge in [-0.3, -0.25) is 14.5 Å². The van der Waals surface area contributed by atoms with E-state index in [1.54, 1.807) is 0 Å². The Bertz CT molecular complexity index is 346. The van der Waals surface area contributed by atoms with E-state index in [1.807, 2.05) is 13.8 Å². The van der Waals surface area contributed by atoms with Crippen LogP contribution in [0, 0.1) is 12.3 Å². The minimum absolute atomic E-state index is 0.00163. The van der Waals surface area contributed by atoms with Crippen molar-refractivity contribution in [3.8, 4) is 12.3 Å². The lowest BCUT2D eigenvalue weighted by molar-refractivity contribution is -0.141. The number of nitrogens with zero attached hydrogens (tertiary/aromatic N) is 1. The van der Waals surface area contributed by atoms with Gasteiger partial charge in [-0.05, 0) is 32.7 Å². The number of nitrogens with one attached hydrogen (secondary N) is 1. The highest BCUT2D eigenvalue weighted by Gasteiger charge is 2.39. The minimum atomic E-state index is -0.336. The third-order valence-corrected chi connectivity index (χ3v) is 3.35. The van der Waals surface area contributed by atoms with Gasteiger partial charge in [0.1, 0.15) is 0 Å². The van der Waals surface area contributed by atoms with Crippen molar-refractivity contribution in [2.75, 3.05) is 6.54 Å². The zero-order valence-electron chi connectivity index (χ0n) is 11.2. The second kappa shape index (κ2) is 7.17. The van der Waals surface area contributed by atoms with Crippen LogP contribution in [0.5, 0.6) is 0 Å². The molecule has 1 fully saturated rings. The molecule has 0 spiro atoms. The molecule has 1 N–H and O–H groups in total. The number of amides is 2. The standard InChI is InChI=1S/C14H22N2O2/c1-4-6-7-8-9-15-12-10-13(17)16(14(12)18)11(3)5-2/h1,11-12,15H,5-10H2,2-3H3. The Morgan fingerprint density at radius 1 is 1.50 bits per heavy atom. The third-order valence-electron chi connectivity index (χ3n) is 3.35. The molecule has 0 aliphatic carbocycles. The maximum absolute atomic E-state index is 12.0. The Morgan fingerprint density at radius 3 is 2.83 bits per heavy atom. The van der Waals surface area contributed by atoms with Gasteiger partial charge in [0.25, 0.3) is 0 Å². The monoisotopic (exact) mass is 250 g/mol. The normalized spacial score (nSPS) is 21.2. The molecule has 18 heavy (non-hydrogen) atoms. The molecule has 0 aromatic rings. The smallest absolute Gasteiger partial charge is 0.247 e. The van der Waals surface area contributed by atoms with Crippen molar-refractivity contribution in [2.24, 2.45) is 0 Å². The summed E-state index contributed by atoms with van der Waals surface area (Å²) in [7, 11) is 0. The fraction of sp³-hybridized carbons (Fsp3) is 0.714. The Labute approximate surface area is 109 Å². The Hall–Kier alpha value is -1.34. The van der Waals surface area contributed by atoms with E-state index in [0.717, 1.165) is 32.2 Å². The number of carbonyl (C=O) groups is 2. The van der Waals surface area contributed by atoms with E-state index < -0.39 is 0 Å². The van der Waals surface area contributed by atoms with Crippen molar-refractivity contribution in [3.05, 3.63) is 0 Å². The van der Waals surface area contributed by atoms with E-state index in [-0.39, 0.29) is 30.3 Å². The summed E-state index contributed by atoms with van der Waals surface area (Å²) in [6.45, 7) is 4.62. The van der Waals surface area contributed by atoms with Gasteiger partial charge in [-0.1, -0.05) is 6.92 Å². The molecule has 1 aliphatic heterocycles. The number of rotatable bonds is 7. The molecule has 0 saturated carbocycles. The topological polar surface area (TPSA) is 49.4 Å². The first-order valence-electron chi connectivity index (χ1n) is 6.64. The first-order chi connectivity index (χ1) is 8.61. The quantitative estimate of drug-likeness (QED) is 0.421. The molecule has 0 aromatic heterocycles. The summed E-state index contributed by atoms with van der Waals surface area (Å²) in [5.41, 5.74) is 0. The molecule has 1 aliphatic rings. The first kappa shape index (κ1) is 14.7. The Morgan fingerprint density at radius 2 is 2.22 bits per heavy atom. The average Bonchev–Trinajstić information content (AvgIpc) is 2.63. The van der Waals surface area contributed by atoms with Crippen molar-refractivity contribution < 1.29 is 9.59 Å². The fourth-order valence-corrected chi connectivity index (χ4v) is 2.08. The molecule has 1 saturated heterocycles. The summed E-state index contributed by atoms with van der Waals surface area (Å²) in [5, 5.41) is 3.15. The minimum Gasteiger partial charge on any atom is -0.305 e. The van der Waals surface area contributed by atoms with Crippen LogP contribution in [0.1, 0.15) is 46.0 Å². The largest absolute Gasteiger partial charge is 0.305 e. The predicted octanol–water partition coefficient (Wildman–Crippen LogP) is 1.31. The lowest BCUT2D eigenvalue weighted by Gasteiger charge is -2.21. The van der Waals surface area contributed by atoms with E-state index in [9.17, 15) is 9.59 Å².